The molecule has 1 aromatic heterocycles. The molecule has 1 aromatic carbocycles. The van der Waals surface area contributed by atoms with Gasteiger partial charge in [0.2, 0.25) is 0 Å². The first-order valence-corrected chi connectivity index (χ1v) is 11.7. The number of nitrogens with one attached hydrogen (secondary N) is 3. The maximum atomic E-state index is 12.0. The zero-order chi connectivity index (χ0) is 22.3. The lowest BCUT2D eigenvalue weighted by molar-refractivity contribution is 0.0957. The minimum Gasteiger partial charge on any atom is -0.491 e. The number of amides is 1. The molecule has 0 fully saturated rings. The van der Waals surface area contributed by atoms with E-state index in [1.807, 2.05) is 44.4 Å². The Balaban J connectivity index is 0.00000512. The highest BCUT2D eigenvalue weighted by Crippen LogP contribution is 2.21. The summed E-state index contributed by atoms with van der Waals surface area (Å²) in [5.41, 5.74) is 2.18. The van der Waals surface area contributed by atoms with Gasteiger partial charge >= 0.3 is 0 Å². The van der Waals surface area contributed by atoms with Gasteiger partial charge in [-0.05, 0) is 50.3 Å². The molecule has 0 bridgehead atoms. The molecule has 7 nitrogen and oxygen atoms in total. The SMILES string of the molecule is CCNC(=NCc1ccc(C)cc1OCCOCC)NCCCNC(=O)c1cccs1.I. The van der Waals surface area contributed by atoms with Gasteiger partial charge in [-0.1, -0.05) is 18.2 Å². The van der Waals surface area contributed by atoms with Crippen molar-refractivity contribution in [2.45, 2.75) is 33.7 Å². The van der Waals surface area contributed by atoms with Crippen LogP contribution in [0, 0.1) is 6.92 Å². The minimum absolute atomic E-state index is 0. The summed E-state index contributed by atoms with van der Waals surface area (Å²) in [5.74, 6) is 1.57. The van der Waals surface area contributed by atoms with Crippen molar-refractivity contribution in [3.05, 3.63) is 51.7 Å². The van der Waals surface area contributed by atoms with Gasteiger partial charge in [0.15, 0.2) is 5.96 Å². The molecule has 3 N–H and O–H groups in total. The lowest BCUT2D eigenvalue weighted by atomic mass is 10.1. The molecular formula is C23H35IN4O3S. The van der Waals surface area contributed by atoms with Gasteiger partial charge in [0.1, 0.15) is 12.4 Å². The van der Waals surface area contributed by atoms with E-state index in [0.29, 0.717) is 39.5 Å². The highest BCUT2D eigenvalue weighted by molar-refractivity contribution is 14.0. The second-order valence-corrected chi connectivity index (χ2v) is 7.81. The number of ether oxygens (including phenoxy) is 2. The van der Waals surface area contributed by atoms with Crippen LogP contribution in [0.4, 0.5) is 0 Å². The number of rotatable bonds is 13. The van der Waals surface area contributed by atoms with E-state index < -0.39 is 0 Å². The molecular weight excluding hydrogens is 539 g/mol. The number of guanidine groups is 1. The van der Waals surface area contributed by atoms with Gasteiger partial charge < -0.3 is 25.4 Å². The first-order chi connectivity index (χ1) is 15.1. The first-order valence-electron chi connectivity index (χ1n) is 10.8. The average Bonchev–Trinajstić information content (AvgIpc) is 3.30. The smallest absolute Gasteiger partial charge is 0.261 e. The third-order valence-corrected chi connectivity index (χ3v) is 5.21. The predicted molar refractivity (Wildman–Crippen MR) is 143 cm³/mol. The van der Waals surface area contributed by atoms with Crippen molar-refractivity contribution < 1.29 is 14.3 Å². The molecule has 0 spiro atoms. The van der Waals surface area contributed by atoms with Crippen LogP contribution in [-0.4, -0.2) is 51.3 Å². The zero-order valence-electron chi connectivity index (χ0n) is 19.1. The van der Waals surface area contributed by atoms with Crippen molar-refractivity contribution in [3.8, 4) is 5.75 Å². The average molecular weight is 575 g/mol. The van der Waals surface area contributed by atoms with Gasteiger partial charge in [-0.25, -0.2) is 4.99 Å². The Morgan fingerprint density at radius 2 is 1.91 bits per heavy atom. The van der Waals surface area contributed by atoms with Crippen molar-refractivity contribution in [1.29, 1.82) is 0 Å². The van der Waals surface area contributed by atoms with Gasteiger partial charge in [-0.15, -0.1) is 35.3 Å². The minimum atomic E-state index is -0.0215. The van der Waals surface area contributed by atoms with Crippen LogP contribution in [0.15, 0.2) is 40.7 Å². The van der Waals surface area contributed by atoms with E-state index in [4.69, 9.17) is 9.47 Å². The fourth-order valence-electron chi connectivity index (χ4n) is 2.78. The molecule has 2 rings (SSSR count). The molecule has 32 heavy (non-hydrogen) atoms. The fourth-order valence-corrected chi connectivity index (χ4v) is 3.42. The lowest BCUT2D eigenvalue weighted by Gasteiger charge is -2.14. The van der Waals surface area contributed by atoms with Crippen LogP contribution in [0.25, 0.3) is 0 Å². The molecule has 0 aliphatic heterocycles. The number of carbonyl (C=O) groups is 1. The zero-order valence-corrected chi connectivity index (χ0v) is 22.3. The molecule has 0 aliphatic carbocycles. The maximum Gasteiger partial charge on any atom is 0.261 e. The van der Waals surface area contributed by atoms with Crippen LogP contribution in [0.1, 0.15) is 41.1 Å². The molecule has 0 unspecified atom stereocenters. The number of nitrogens with zero attached hydrogens (tertiary/aromatic N) is 1. The number of hydrogen-bond acceptors (Lipinski definition) is 5. The Bertz CT molecular complexity index is 816. The predicted octanol–water partition coefficient (Wildman–Crippen LogP) is 3.97. The first kappa shape index (κ1) is 28.2. The molecule has 2 aromatic rings. The highest BCUT2D eigenvalue weighted by Gasteiger charge is 2.07. The van der Waals surface area contributed by atoms with E-state index in [-0.39, 0.29) is 29.9 Å². The Morgan fingerprint density at radius 1 is 1.09 bits per heavy atom. The molecule has 0 saturated carbocycles. The summed E-state index contributed by atoms with van der Waals surface area (Å²) in [4.78, 5) is 17.4. The van der Waals surface area contributed by atoms with Gasteiger partial charge in [0.05, 0.1) is 18.0 Å². The molecule has 0 radical (unpaired) electrons. The van der Waals surface area contributed by atoms with Crippen molar-refractivity contribution in [3.63, 3.8) is 0 Å². The van der Waals surface area contributed by atoms with Crippen LogP contribution < -0.4 is 20.7 Å². The number of carbonyl (C=O) groups excluding carboxylic acids is 1. The Kier molecular flexibility index (Phi) is 14.7. The normalized spacial score (nSPS) is 10.9. The fraction of sp³-hybridized carbons (Fsp3) is 0.478. The molecule has 0 saturated heterocycles. The van der Waals surface area contributed by atoms with E-state index in [1.165, 1.54) is 11.3 Å². The van der Waals surface area contributed by atoms with Crippen LogP contribution >= 0.6 is 35.3 Å². The van der Waals surface area contributed by atoms with Gasteiger partial charge in [-0.3, -0.25) is 4.79 Å². The van der Waals surface area contributed by atoms with Crippen LogP contribution in [0.5, 0.6) is 5.75 Å². The summed E-state index contributed by atoms with van der Waals surface area (Å²) in [6.45, 7) is 10.4. The summed E-state index contributed by atoms with van der Waals surface area (Å²) < 4.78 is 11.3. The van der Waals surface area contributed by atoms with E-state index in [1.54, 1.807) is 0 Å². The quantitative estimate of drug-likeness (QED) is 0.146. The van der Waals surface area contributed by atoms with E-state index >= 15 is 0 Å². The number of benzene rings is 1. The van der Waals surface area contributed by atoms with Gasteiger partial charge in [-0.2, -0.15) is 0 Å². The van der Waals surface area contributed by atoms with E-state index in [9.17, 15) is 4.79 Å². The van der Waals surface area contributed by atoms with Gasteiger partial charge in [0, 0.05) is 31.8 Å². The van der Waals surface area contributed by atoms with Gasteiger partial charge in [0.25, 0.3) is 5.91 Å². The van der Waals surface area contributed by atoms with Crippen molar-refractivity contribution in [2.24, 2.45) is 4.99 Å². The largest absolute Gasteiger partial charge is 0.491 e. The number of aliphatic imine (C=N–C) groups is 1. The standard InChI is InChI=1S/C23H34N4O3S.HI/c1-4-24-23(26-12-7-11-25-22(28)21-8-6-15-31-21)27-17-19-10-9-18(3)16-20(19)30-14-13-29-5-2;/h6,8-10,15-16H,4-5,7,11-14,17H2,1-3H3,(H,25,28)(H2,24,26,27);1H. The number of hydrogen-bond donors (Lipinski definition) is 3. The summed E-state index contributed by atoms with van der Waals surface area (Å²) in [5, 5.41) is 11.4. The highest BCUT2D eigenvalue weighted by atomic mass is 127. The molecule has 0 atom stereocenters. The van der Waals surface area contributed by atoms with Crippen LogP contribution in [-0.2, 0) is 11.3 Å². The second-order valence-electron chi connectivity index (χ2n) is 6.87. The van der Waals surface area contributed by atoms with Crippen molar-refractivity contribution >= 4 is 47.2 Å². The lowest BCUT2D eigenvalue weighted by Crippen LogP contribution is -2.38. The molecule has 9 heteroatoms. The summed E-state index contributed by atoms with van der Waals surface area (Å²) in [7, 11) is 0. The molecule has 0 aliphatic rings. The number of halogens is 1. The van der Waals surface area contributed by atoms with Crippen molar-refractivity contribution in [1.82, 2.24) is 16.0 Å². The summed E-state index contributed by atoms with van der Waals surface area (Å²) in [6.07, 6.45) is 0.803. The van der Waals surface area contributed by atoms with Crippen LogP contribution in [0.3, 0.4) is 0 Å². The monoisotopic (exact) mass is 574 g/mol. The second kappa shape index (κ2) is 16.7. The third kappa shape index (κ3) is 10.6. The summed E-state index contributed by atoms with van der Waals surface area (Å²) >= 11 is 1.45. The Morgan fingerprint density at radius 3 is 2.62 bits per heavy atom. The third-order valence-electron chi connectivity index (χ3n) is 4.34. The summed E-state index contributed by atoms with van der Waals surface area (Å²) in [6, 6.07) is 9.86. The Hall–Kier alpha value is -1.85. The molecule has 1 amide bonds. The Labute approximate surface area is 212 Å². The molecule has 1 heterocycles. The molecule has 178 valence electrons. The maximum absolute atomic E-state index is 12.0. The van der Waals surface area contributed by atoms with E-state index in [0.717, 1.165) is 40.7 Å². The topological polar surface area (TPSA) is 84.0 Å². The van der Waals surface area contributed by atoms with E-state index in [2.05, 4.69) is 33.1 Å². The number of aryl methyl sites for hydroxylation is 1. The van der Waals surface area contributed by atoms with Crippen molar-refractivity contribution in [2.75, 3.05) is 39.5 Å². The number of thiophene rings is 1. The van der Waals surface area contributed by atoms with Crippen LogP contribution in [0.2, 0.25) is 0 Å².